The predicted octanol–water partition coefficient (Wildman–Crippen LogP) is 2.57. The van der Waals surface area contributed by atoms with Gasteiger partial charge in [0, 0.05) is 6.07 Å². The van der Waals surface area contributed by atoms with E-state index in [1.54, 1.807) is 6.07 Å². The van der Waals surface area contributed by atoms with Crippen molar-refractivity contribution in [3.63, 3.8) is 0 Å². The molecule has 0 aliphatic rings. The highest BCUT2D eigenvalue weighted by molar-refractivity contribution is 5.61. The summed E-state index contributed by atoms with van der Waals surface area (Å²) in [7, 11) is 0. The summed E-state index contributed by atoms with van der Waals surface area (Å²) in [6.07, 6.45) is 0. The zero-order chi connectivity index (χ0) is 10.8. The Bertz CT molecular complexity index is 532. The molecule has 0 atom stereocenters. The van der Waals surface area contributed by atoms with E-state index in [0.717, 1.165) is 11.3 Å². The molecule has 3 nitrogen and oxygen atoms in total. The summed E-state index contributed by atoms with van der Waals surface area (Å²) in [5.41, 5.74) is 4.87. The number of nitrogens with zero attached hydrogens (tertiary/aromatic N) is 2. The van der Waals surface area contributed by atoms with Crippen molar-refractivity contribution in [2.75, 3.05) is 0 Å². The highest BCUT2D eigenvalue weighted by atomic mass is 15.1. The quantitative estimate of drug-likeness (QED) is 0.763. The molecule has 0 saturated heterocycles. The molecule has 0 aliphatic heterocycles. The zero-order valence-corrected chi connectivity index (χ0v) is 8.70. The summed E-state index contributed by atoms with van der Waals surface area (Å²) in [5.74, 6) is 0. The number of nitriles is 1. The normalized spacial score (nSPS) is 9.93. The highest BCUT2D eigenvalue weighted by Gasteiger charge is 2.03. The lowest BCUT2D eigenvalue weighted by molar-refractivity contribution is 1.08. The molecule has 1 aromatic heterocycles. The van der Waals surface area contributed by atoms with Crippen LogP contribution in [0.5, 0.6) is 0 Å². The zero-order valence-electron chi connectivity index (χ0n) is 8.70. The Hall–Kier alpha value is -2.08. The van der Waals surface area contributed by atoms with Gasteiger partial charge in [-0.3, -0.25) is 5.10 Å². The van der Waals surface area contributed by atoms with Gasteiger partial charge in [-0.1, -0.05) is 12.1 Å². The van der Waals surface area contributed by atoms with E-state index in [1.165, 1.54) is 11.1 Å². The van der Waals surface area contributed by atoms with Gasteiger partial charge in [-0.25, -0.2) is 0 Å². The van der Waals surface area contributed by atoms with Crippen molar-refractivity contribution in [3.8, 4) is 17.3 Å². The van der Waals surface area contributed by atoms with Crippen molar-refractivity contribution in [1.82, 2.24) is 10.2 Å². The van der Waals surface area contributed by atoms with E-state index >= 15 is 0 Å². The third-order valence-electron chi connectivity index (χ3n) is 2.51. The third-order valence-corrected chi connectivity index (χ3v) is 2.51. The molecule has 0 spiro atoms. The molecule has 0 amide bonds. The van der Waals surface area contributed by atoms with E-state index in [9.17, 15) is 0 Å². The molecule has 1 N–H and O–H groups in total. The number of aryl methyl sites for hydroxylation is 2. The average Bonchev–Trinajstić information content (AvgIpc) is 2.70. The number of benzene rings is 1. The number of H-pyrrole nitrogens is 1. The first kappa shape index (κ1) is 9.47. The first-order valence-corrected chi connectivity index (χ1v) is 4.74. The van der Waals surface area contributed by atoms with Gasteiger partial charge in [0.15, 0.2) is 5.69 Å². The van der Waals surface area contributed by atoms with E-state index in [1.807, 2.05) is 12.1 Å². The lowest BCUT2D eigenvalue weighted by Crippen LogP contribution is -1.83. The fourth-order valence-electron chi connectivity index (χ4n) is 1.44. The minimum absolute atomic E-state index is 0.420. The Morgan fingerprint density at radius 3 is 2.60 bits per heavy atom. The van der Waals surface area contributed by atoms with Crippen LogP contribution in [0.25, 0.3) is 11.3 Å². The maximum absolute atomic E-state index is 8.66. The molecule has 0 aliphatic carbocycles. The van der Waals surface area contributed by atoms with Crippen LogP contribution >= 0.6 is 0 Å². The highest BCUT2D eigenvalue weighted by Crippen LogP contribution is 2.20. The van der Waals surface area contributed by atoms with Crippen LogP contribution in [0.3, 0.4) is 0 Å². The average molecular weight is 197 g/mol. The summed E-state index contributed by atoms with van der Waals surface area (Å²) in [6.45, 7) is 4.15. The number of aromatic nitrogens is 2. The molecule has 0 saturated carbocycles. The number of nitrogens with one attached hydrogen (secondary N) is 1. The molecule has 1 heterocycles. The first-order valence-electron chi connectivity index (χ1n) is 4.74. The molecule has 2 rings (SSSR count). The van der Waals surface area contributed by atoms with Crippen LogP contribution < -0.4 is 0 Å². The summed E-state index contributed by atoms with van der Waals surface area (Å²) in [6, 6.07) is 9.93. The SMILES string of the molecule is Cc1ccc(-c2cc(C#N)n[nH]2)cc1C. The van der Waals surface area contributed by atoms with Gasteiger partial charge < -0.3 is 0 Å². The van der Waals surface area contributed by atoms with Crippen LogP contribution in [0.15, 0.2) is 24.3 Å². The van der Waals surface area contributed by atoms with Crippen molar-refractivity contribution in [2.24, 2.45) is 0 Å². The summed E-state index contributed by atoms with van der Waals surface area (Å²) < 4.78 is 0. The van der Waals surface area contributed by atoms with Crippen molar-refractivity contribution >= 4 is 0 Å². The largest absolute Gasteiger partial charge is 0.277 e. The number of hydrogen-bond acceptors (Lipinski definition) is 2. The van der Waals surface area contributed by atoms with E-state index in [0.29, 0.717) is 5.69 Å². The maximum atomic E-state index is 8.66. The van der Waals surface area contributed by atoms with Crippen molar-refractivity contribution < 1.29 is 0 Å². The topological polar surface area (TPSA) is 52.5 Å². The van der Waals surface area contributed by atoms with Crippen molar-refractivity contribution in [2.45, 2.75) is 13.8 Å². The Labute approximate surface area is 88.4 Å². The molecule has 74 valence electrons. The van der Waals surface area contributed by atoms with Gasteiger partial charge in [0.1, 0.15) is 6.07 Å². The summed E-state index contributed by atoms with van der Waals surface area (Å²) >= 11 is 0. The van der Waals surface area contributed by atoms with Crippen molar-refractivity contribution in [1.29, 1.82) is 5.26 Å². The molecular formula is C12H11N3. The van der Waals surface area contributed by atoms with E-state index in [2.05, 4.69) is 36.2 Å². The van der Waals surface area contributed by atoms with Crippen LogP contribution in [0.2, 0.25) is 0 Å². The molecule has 0 bridgehead atoms. The molecule has 0 radical (unpaired) electrons. The summed E-state index contributed by atoms with van der Waals surface area (Å²) in [4.78, 5) is 0. The van der Waals surface area contributed by atoms with E-state index in [4.69, 9.17) is 5.26 Å². The van der Waals surface area contributed by atoms with Gasteiger partial charge in [-0.05, 0) is 36.6 Å². The van der Waals surface area contributed by atoms with Crippen LogP contribution in [0.4, 0.5) is 0 Å². The summed E-state index contributed by atoms with van der Waals surface area (Å²) in [5, 5.41) is 15.4. The second-order valence-electron chi connectivity index (χ2n) is 3.58. The Kier molecular flexibility index (Phi) is 2.26. The van der Waals surface area contributed by atoms with Gasteiger partial charge in [0.25, 0.3) is 0 Å². The number of aromatic amines is 1. The van der Waals surface area contributed by atoms with Crippen LogP contribution in [0.1, 0.15) is 16.8 Å². The first-order chi connectivity index (χ1) is 7.20. The van der Waals surface area contributed by atoms with Crippen molar-refractivity contribution in [3.05, 3.63) is 41.1 Å². The maximum Gasteiger partial charge on any atom is 0.162 e. The van der Waals surface area contributed by atoms with Gasteiger partial charge in [-0.15, -0.1) is 0 Å². The fraction of sp³-hybridized carbons (Fsp3) is 0.167. The third kappa shape index (κ3) is 1.75. The molecule has 3 heteroatoms. The van der Waals surface area contributed by atoms with Crippen LogP contribution in [-0.4, -0.2) is 10.2 Å². The van der Waals surface area contributed by atoms with E-state index in [-0.39, 0.29) is 0 Å². The minimum atomic E-state index is 0.420. The minimum Gasteiger partial charge on any atom is -0.277 e. The second kappa shape index (κ2) is 3.58. The smallest absolute Gasteiger partial charge is 0.162 e. The lowest BCUT2D eigenvalue weighted by Gasteiger charge is -2.02. The van der Waals surface area contributed by atoms with E-state index < -0.39 is 0 Å². The second-order valence-corrected chi connectivity index (χ2v) is 3.58. The van der Waals surface area contributed by atoms with Crippen LogP contribution in [-0.2, 0) is 0 Å². The Balaban J connectivity index is 2.46. The van der Waals surface area contributed by atoms with Gasteiger partial charge in [-0.2, -0.15) is 10.4 Å². The van der Waals surface area contributed by atoms with Gasteiger partial charge >= 0.3 is 0 Å². The van der Waals surface area contributed by atoms with Crippen LogP contribution in [0, 0.1) is 25.2 Å². The molecule has 15 heavy (non-hydrogen) atoms. The number of rotatable bonds is 1. The standard InChI is InChI=1S/C12H11N3/c1-8-3-4-10(5-9(8)2)12-6-11(7-13)14-15-12/h3-6H,1-2H3,(H,14,15). The molecule has 1 aromatic carbocycles. The Morgan fingerprint density at radius 1 is 1.20 bits per heavy atom. The monoisotopic (exact) mass is 197 g/mol. The lowest BCUT2D eigenvalue weighted by atomic mass is 10.0. The molecule has 2 aromatic rings. The molecular weight excluding hydrogens is 186 g/mol. The fourth-order valence-corrected chi connectivity index (χ4v) is 1.44. The molecule has 0 fully saturated rings. The van der Waals surface area contributed by atoms with Gasteiger partial charge in [0.2, 0.25) is 0 Å². The number of hydrogen-bond donors (Lipinski definition) is 1. The Morgan fingerprint density at radius 2 is 2.00 bits per heavy atom. The predicted molar refractivity (Wildman–Crippen MR) is 58.2 cm³/mol. The van der Waals surface area contributed by atoms with Gasteiger partial charge in [0.05, 0.1) is 5.69 Å². The molecule has 0 unspecified atom stereocenters.